The number of nitrogens with one attached hydrogen (secondary N) is 8. The second-order valence-corrected chi connectivity index (χ2v) is 30.9. The van der Waals surface area contributed by atoms with Crippen LogP contribution in [0, 0.1) is 34.8 Å². The zero-order valence-electron chi connectivity index (χ0n) is 59.6. The predicted molar refractivity (Wildman–Crippen MR) is 383 cm³/mol. The Labute approximate surface area is 593 Å². The van der Waals surface area contributed by atoms with Crippen molar-refractivity contribution in [3.05, 3.63) is 113 Å². The molecule has 0 radical (unpaired) electrons. The molecule has 101 heavy (non-hydrogen) atoms. The van der Waals surface area contributed by atoms with Gasteiger partial charge in [0.25, 0.3) is 0 Å². The summed E-state index contributed by atoms with van der Waals surface area (Å²) in [4.78, 5) is 117. The normalized spacial score (nSPS) is 23.7. The van der Waals surface area contributed by atoms with E-state index in [0.29, 0.717) is 101 Å². The molecule has 25 heteroatoms. The molecule has 1 aromatic heterocycles. The fourth-order valence-electron chi connectivity index (χ4n) is 16.9. The number of nitrogens with zero attached hydrogens (tertiary/aromatic N) is 8. The number of aryl methyl sites for hydroxylation is 1. The Kier molecular flexibility index (Phi) is 23.9. The lowest BCUT2D eigenvalue weighted by Gasteiger charge is -2.48. The number of carbonyl (C=O) groups is 7. The molecule has 7 fully saturated rings. The van der Waals surface area contributed by atoms with E-state index in [2.05, 4.69) is 98.1 Å². The molecule has 3 aromatic carbocycles. The van der Waals surface area contributed by atoms with Crippen molar-refractivity contribution in [2.45, 2.75) is 179 Å². The minimum Gasteiger partial charge on any atom is -0.366 e. The second-order valence-electron chi connectivity index (χ2n) is 30.9. The molecule has 4 aromatic rings. The molecule has 8 aliphatic rings. The molecule has 6 saturated heterocycles. The first-order chi connectivity index (χ1) is 48.7. The topological polar surface area (TPSA) is 261 Å². The van der Waals surface area contributed by atoms with Crippen molar-refractivity contribution in [1.29, 1.82) is 0 Å². The number of piperidine rings is 2. The number of likely N-dealkylation sites (N-methyl/N-ethyl adjacent to an activating group) is 1. The Balaban J connectivity index is 0.531. The molecular weight excluding hydrogens is 1290 g/mol. The molecule has 2 aliphatic carbocycles. The van der Waals surface area contributed by atoms with Crippen molar-refractivity contribution >= 4 is 58.7 Å². The zero-order valence-corrected chi connectivity index (χ0v) is 59.6. The monoisotopic (exact) mass is 1390 g/mol. The highest BCUT2D eigenvalue weighted by atomic mass is 19.1. The number of hydrogen-bond acceptors (Lipinski definition) is 16. The van der Waals surface area contributed by atoms with Crippen molar-refractivity contribution in [2.75, 3.05) is 114 Å². The van der Waals surface area contributed by atoms with Crippen LogP contribution in [0.1, 0.15) is 151 Å². The summed E-state index contributed by atoms with van der Waals surface area (Å²) >= 11 is 0. The summed E-state index contributed by atoms with van der Waals surface area (Å²) in [5, 5.41) is 25.1. The lowest BCUT2D eigenvalue weighted by molar-refractivity contribution is -0.143. The van der Waals surface area contributed by atoms with Gasteiger partial charge in [0.2, 0.25) is 41.4 Å². The van der Waals surface area contributed by atoms with Crippen molar-refractivity contribution in [3.8, 4) is 0 Å². The van der Waals surface area contributed by atoms with Gasteiger partial charge in [0, 0.05) is 135 Å². The van der Waals surface area contributed by atoms with Gasteiger partial charge in [0.1, 0.15) is 41.7 Å². The highest BCUT2D eigenvalue weighted by Crippen LogP contribution is 2.37. The van der Waals surface area contributed by atoms with Crippen molar-refractivity contribution in [2.24, 2.45) is 23.2 Å². The highest BCUT2D eigenvalue weighted by Gasteiger charge is 2.47. The zero-order chi connectivity index (χ0) is 70.8. The average molecular weight is 1390 g/mol. The minimum atomic E-state index is -0.857. The van der Waals surface area contributed by atoms with Crippen molar-refractivity contribution in [1.82, 2.24) is 66.8 Å². The van der Waals surface area contributed by atoms with Gasteiger partial charge in [-0.3, -0.25) is 38.5 Å². The van der Waals surface area contributed by atoms with E-state index in [0.717, 1.165) is 126 Å². The lowest BCUT2D eigenvalue weighted by Crippen LogP contribution is -2.66. The molecule has 7 heterocycles. The molecule has 1 spiro atoms. The summed E-state index contributed by atoms with van der Waals surface area (Å²) in [5.41, 5.74) is 4.41. The van der Waals surface area contributed by atoms with Gasteiger partial charge in [-0.2, -0.15) is 0 Å². The molecule has 7 amide bonds. The summed E-state index contributed by atoms with van der Waals surface area (Å²) in [7, 11) is 1.70. The van der Waals surface area contributed by atoms with Crippen LogP contribution in [0.25, 0.3) is 0 Å². The van der Waals surface area contributed by atoms with Crippen LogP contribution in [0.4, 0.5) is 26.1 Å². The van der Waals surface area contributed by atoms with Crippen LogP contribution in [-0.2, 0) is 59.6 Å². The van der Waals surface area contributed by atoms with Crippen LogP contribution >= 0.6 is 0 Å². The number of fused-ring (bicyclic) bond motifs is 2. The number of rotatable bonds is 26. The van der Waals surface area contributed by atoms with Gasteiger partial charge >= 0.3 is 0 Å². The van der Waals surface area contributed by atoms with Gasteiger partial charge in [-0.25, -0.2) is 18.7 Å². The van der Waals surface area contributed by atoms with Crippen LogP contribution in [-0.4, -0.2) is 199 Å². The maximum absolute atomic E-state index is 15.8. The summed E-state index contributed by atoms with van der Waals surface area (Å²) in [6, 6.07) is 17.8. The molecule has 0 unspecified atom stereocenters. The maximum Gasteiger partial charge on any atom is 0.246 e. The molecule has 12 rings (SSSR count). The number of hydrogen-bond donors (Lipinski definition) is 8. The van der Waals surface area contributed by atoms with E-state index >= 15 is 8.78 Å². The first-order valence-electron chi connectivity index (χ1n) is 37.3. The largest absolute Gasteiger partial charge is 0.366 e. The van der Waals surface area contributed by atoms with Crippen LogP contribution in [0.5, 0.6) is 0 Å². The number of carbonyl (C=O) groups excluding carboxylic acids is 7. The molecule has 0 bridgehead atoms. The number of amides is 7. The third-order valence-corrected chi connectivity index (χ3v) is 23.0. The van der Waals surface area contributed by atoms with E-state index in [-0.39, 0.29) is 96.8 Å². The number of aromatic nitrogens is 2. The van der Waals surface area contributed by atoms with E-state index in [1.54, 1.807) is 23.8 Å². The Bertz CT molecular complexity index is 3580. The highest BCUT2D eigenvalue weighted by molar-refractivity contribution is 5.94. The SMILES string of the molecule is CN[C@@H](C)C(=O)N[C@H](C(=O)N1C[C@@H](NC(=O)CCC(=O)NCCN2C[C@@H]3CN(CCC(=O)NCc4cccc(CNc5cc(N6CCC7(CC6)CN(c6cc(F)c(CN8CCC(C)(C)CC8)cc6F)CC(=O)N7)ncn5)c4)C[C@@H]3C2)C[C@H]1C(=O)N[C@@H]1CCCc2ccccc21)C1CCCCC1. The van der Waals surface area contributed by atoms with Gasteiger partial charge in [-0.05, 0) is 143 Å². The summed E-state index contributed by atoms with van der Waals surface area (Å²) < 4.78 is 31.4. The van der Waals surface area contributed by atoms with Gasteiger partial charge in [0.15, 0.2) is 0 Å². The smallest absolute Gasteiger partial charge is 0.246 e. The van der Waals surface area contributed by atoms with Crippen molar-refractivity contribution < 1.29 is 42.3 Å². The predicted octanol–water partition coefficient (Wildman–Crippen LogP) is 5.68. The van der Waals surface area contributed by atoms with Crippen LogP contribution in [0.2, 0.25) is 0 Å². The molecule has 8 N–H and O–H groups in total. The quantitative estimate of drug-likeness (QED) is 0.0376. The van der Waals surface area contributed by atoms with Gasteiger partial charge in [-0.15, -0.1) is 0 Å². The Morgan fingerprint density at radius 1 is 0.703 bits per heavy atom. The first kappa shape index (κ1) is 72.9. The van der Waals surface area contributed by atoms with Gasteiger partial charge in [0.05, 0.1) is 29.9 Å². The van der Waals surface area contributed by atoms with Crippen LogP contribution in [0.15, 0.2) is 73.1 Å². The summed E-state index contributed by atoms with van der Waals surface area (Å²) in [6.45, 7) is 16.3. The lowest BCUT2D eigenvalue weighted by atomic mass is 9.82. The van der Waals surface area contributed by atoms with Crippen LogP contribution < -0.4 is 52.3 Å². The Morgan fingerprint density at radius 2 is 1.42 bits per heavy atom. The van der Waals surface area contributed by atoms with E-state index < -0.39 is 41.3 Å². The van der Waals surface area contributed by atoms with Gasteiger partial charge < -0.3 is 67.0 Å². The number of halogens is 2. The van der Waals surface area contributed by atoms with Crippen molar-refractivity contribution in [3.63, 3.8) is 0 Å². The molecule has 23 nitrogen and oxygen atoms in total. The van der Waals surface area contributed by atoms with E-state index in [4.69, 9.17) is 0 Å². The number of likely N-dealkylation sites (tertiary alicyclic amines) is 4. The third kappa shape index (κ3) is 18.9. The summed E-state index contributed by atoms with van der Waals surface area (Å²) in [6.07, 6.45) is 12.5. The molecule has 6 aliphatic heterocycles. The standard InChI is InChI=1S/C76H106F2N16O7/c1-50(79-4)72(99)87-71(54-15-6-5-7-16-54)74(101)94-46-58(36-64(94)73(100)86-62-19-11-17-53-14-8-9-18-59(53)62)85-69(97)21-20-67(95)80-27-33-91-44-56-42-90(43-57(56)45-91)28-22-68(96)82-40-52-13-10-12-51(34-52)39-81-65-38-66(84-49-83-65)92-31-25-76(26-32-92)48-93(47-70(98)88-76)63-37-60(77)55(35-61(63)78)41-89-29-23-75(2,3)24-30-89/h8-10,12-14,18,34-35,37-38,49-50,54,56-58,62,64,71,79H,5-7,11,15-17,19-33,36,39-48H2,1-4H3,(H,80,95)(H,82,96)(H,85,97)(H,86,100)(H,87,99)(H,88,98)(H,81,83,84)/t50-,56-,57+,58-,62+,64-,71-/m0/s1. The second kappa shape index (κ2) is 33.1. The van der Waals surface area contributed by atoms with E-state index in [1.807, 2.05) is 42.5 Å². The van der Waals surface area contributed by atoms with Crippen LogP contribution in [0.3, 0.4) is 0 Å². The molecule has 7 atom stereocenters. The molecule has 1 saturated carbocycles. The third-order valence-electron chi connectivity index (χ3n) is 23.0. The van der Waals surface area contributed by atoms with Gasteiger partial charge in [-0.1, -0.05) is 81.6 Å². The fraction of sp³-hybridized carbons (Fsp3) is 0.618. The summed E-state index contributed by atoms with van der Waals surface area (Å²) in [5.74, 6) is -0.293. The number of anilines is 3. The Morgan fingerprint density at radius 3 is 2.17 bits per heavy atom. The van der Waals surface area contributed by atoms with E-state index in [9.17, 15) is 33.6 Å². The Hall–Kier alpha value is -7.87. The number of benzene rings is 3. The number of piperazine rings is 1. The first-order valence-corrected chi connectivity index (χ1v) is 37.3. The van der Waals surface area contributed by atoms with E-state index in [1.165, 1.54) is 24.0 Å². The average Bonchev–Trinajstić information content (AvgIpc) is 1.75. The molecular formula is C76H106F2N16O7. The fourth-order valence-corrected chi connectivity index (χ4v) is 16.9. The minimum absolute atomic E-state index is 0.000930. The molecule has 546 valence electrons. The maximum atomic E-state index is 15.8.